The molecule has 0 bridgehead atoms. The van der Waals surface area contributed by atoms with Crippen LogP contribution in [0.3, 0.4) is 0 Å². The fourth-order valence-electron chi connectivity index (χ4n) is 3.35. The summed E-state index contributed by atoms with van der Waals surface area (Å²) < 4.78 is 10.9. The first-order valence-corrected chi connectivity index (χ1v) is 8.45. The van der Waals surface area contributed by atoms with Crippen LogP contribution in [0.2, 0.25) is 0 Å². The van der Waals surface area contributed by atoms with Crippen LogP contribution in [0.25, 0.3) is 0 Å². The predicted molar refractivity (Wildman–Crippen MR) is 94.8 cm³/mol. The van der Waals surface area contributed by atoms with Crippen molar-refractivity contribution in [3.8, 4) is 11.5 Å². The molecule has 4 heteroatoms. The molecule has 1 atom stereocenters. The van der Waals surface area contributed by atoms with Gasteiger partial charge in [-0.3, -0.25) is 0 Å². The summed E-state index contributed by atoms with van der Waals surface area (Å²) in [6.07, 6.45) is 2.16. The molecule has 1 aliphatic carbocycles. The highest BCUT2D eigenvalue weighted by atomic mass is 16.5. The van der Waals surface area contributed by atoms with E-state index in [0.717, 1.165) is 12.8 Å². The number of nitrogens with one attached hydrogen (secondary N) is 1. The molecule has 128 valence electrons. The van der Waals surface area contributed by atoms with Crippen LogP contribution in [0.5, 0.6) is 11.5 Å². The van der Waals surface area contributed by atoms with Gasteiger partial charge in [0, 0.05) is 12.1 Å². The quantitative estimate of drug-likeness (QED) is 0.821. The topological polar surface area (TPSA) is 50.7 Å². The molecule has 0 aliphatic heterocycles. The molecule has 0 radical (unpaired) electrons. The number of aliphatic hydroxyl groups excluding tert-OH is 1. The third-order valence-corrected chi connectivity index (χ3v) is 4.57. The number of benzene rings is 2. The van der Waals surface area contributed by atoms with Crippen LogP contribution in [0.4, 0.5) is 0 Å². The van der Waals surface area contributed by atoms with Crippen molar-refractivity contribution in [1.82, 2.24) is 5.32 Å². The van der Waals surface area contributed by atoms with E-state index in [9.17, 15) is 0 Å². The second-order valence-electron chi connectivity index (χ2n) is 6.24. The molecule has 0 saturated carbocycles. The third-order valence-electron chi connectivity index (χ3n) is 4.57. The maximum Gasteiger partial charge on any atom is 0.161 e. The van der Waals surface area contributed by atoms with Gasteiger partial charge in [-0.15, -0.1) is 0 Å². The molecule has 4 nitrogen and oxygen atoms in total. The van der Waals surface area contributed by atoms with Gasteiger partial charge >= 0.3 is 0 Å². The normalized spacial score (nSPS) is 15.1. The Morgan fingerprint density at radius 1 is 1.12 bits per heavy atom. The van der Waals surface area contributed by atoms with Crippen LogP contribution >= 0.6 is 0 Å². The van der Waals surface area contributed by atoms with Crippen molar-refractivity contribution in [2.24, 2.45) is 0 Å². The van der Waals surface area contributed by atoms with Crippen LogP contribution in [-0.4, -0.2) is 31.5 Å². The van der Waals surface area contributed by atoms with Crippen molar-refractivity contribution >= 4 is 0 Å². The van der Waals surface area contributed by atoms with Crippen LogP contribution in [0.1, 0.15) is 29.7 Å². The SMILES string of the molecule is COc1cc([C@@H](C)NC2Cc3ccccc3C2)ccc1OCCO. The Morgan fingerprint density at radius 3 is 2.46 bits per heavy atom. The van der Waals surface area contributed by atoms with E-state index in [1.165, 1.54) is 16.7 Å². The molecule has 0 fully saturated rings. The van der Waals surface area contributed by atoms with Gasteiger partial charge < -0.3 is 19.9 Å². The van der Waals surface area contributed by atoms with Crippen molar-refractivity contribution < 1.29 is 14.6 Å². The summed E-state index contributed by atoms with van der Waals surface area (Å²) in [6, 6.07) is 15.3. The van der Waals surface area contributed by atoms with Crippen molar-refractivity contribution in [1.29, 1.82) is 0 Å². The highest BCUT2D eigenvalue weighted by Crippen LogP contribution is 2.31. The monoisotopic (exact) mass is 327 g/mol. The molecule has 0 amide bonds. The summed E-state index contributed by atoms with van der Waals surface area (Å²) in [4.78, 5) is 0. The zero-order chi connectivity index (χ0) is 16.9. The summed E-state index contributed by atoms with van der Waals surface area (Å²) in [5, 5.41) is 12.6. The number of aliphatic hydroxyl groups is 1. The molecular formula is C20H25NO3. The second-order valence-corrected chi connectivity index (χ2v) is 6.24. The van der Waals surface area contributed by atoms with Crippen molar-refractivity contribution in [2.75, 3.05) is 20.3 Å². The van der Waals surface area contributed by atoms with E-state index in [4.69, 9.17) is 14.6 Å². The van der Waals surface area contributed by atoms with E-state index in [1.807, 2.05) is 12.1 Å². The second kappa shape index (κ2) is 7.69. The van der Waals surface area contributed by atoms with Gasteiger partial charge in [-0.1, -0.05) is 30.3 Å². The largest absolute Gasteiger partial charge is 0.493 e. The van der Waals surface area contributed by atoms with Crippen LogP contribution in [-0.2, 0) is 12.8 Å². The maximum absolute atomic E-state index is 8.89. The fourth-order valence-corrected chi connectivity index (χ4v) is 3.35. The molecule has 0 heterocycles. The summed E-state index contributed by atoms with van der Waals surface area (Å²) in [5.41, 5.74) is 4.07. The lowest BCUT2D eigenvalue weighted by molar-refractivity contribution is 0.196. The lowest BCUT2D eigenvalue weighted by Crippen LogP contribution is -2.32. The number of fused-ring (bicyclic) bond motifs is 1. The number of hydrogen-bond acceptors (Lipinski definition) is 4. The highest BCUT2D eigenvalue weighted by Gasteiger charge is 2.22. The molecule has 0 spiro atoms. The standard InChI is InChI=1S/C20H25NO3/c1-14(21-18-11-16-5-3-4-6-17(16)12-18)15-7-8-19(24-10-9-22)20(13-15)23-2/h3-8,13-14,18,21-22H,9-12H2,1-2H3/t14-/m1/s1. The Balaban J connectivity index is 1.66. The Hall–Kier alpha value is -2.04. The Bertz CT molecular complexity index is 661. The Morgan fingerprint density at radius 2 is 1.83 bits per heavy atom. The summed E-state index contributed by atoms with van der Waals surface area (Å²) in [7, 11) is 1.64. The van der Waals surface area contributed by atoms with Crippen LogP contribution < -0.4 is 14.8 Å². The van der Waals surface area contributed by atoms with Gasteiger partial charge in [0.1, 0.15) is 6.61 Å². The van der Waals surface area contributed by atoms with Crippen molar-refractivity contribution in [3.05, 3.63) is 59.2 Å². The van der Waals surface area contributed by atoms with E-state index < -0.39 is 0 Å². The first kappa shape index (κ1) is 16.8. The minimum atomic E-state index is -0.00883. The lowest BCUT2D eigenvalue weighted by atomic mass is 10.1. The lowest BCUT2D eigenvalue weighted by Gasteiger charge is -2.21. The summed E-state index contributed by atoms with van der Waals surface area (Å²) in [5.74, 6) is 1.36. The number of methoxy groups -OCH3 is 1. The molecule has 2 N–H and O–H groups in total. The van der Waals surface area contributed by atoms with Crippen LogP contribution in [0.15, 0.2) is 42.5 Å². The molecule has 1 aliphatic rings. The van der Waals surface area contributed by atoms with E-state index in [-0.39, 0.29) is 19.3 Å². The first-order chi connectivity index (χ1) is 11.7. The summed E-state index contributed by atoms with van der Waals surface area (Å²) >= 11 is 0. The number of ether oxygens (including phenoxy) is 2. The molecule has 2 aromatic rings. The molecular weight excluding hydrogens is 302 g/mol. The van der Waals surface area contributed by atoms with Crippen molar-refractivity contribution in [2.45, 2.75) is 31.8 Å². The minimum absolute atomic E-state index is 0.00883. The van der Waals surface area contributed by atoms with E-state index in [0.29, 0.717) is 17.5 Å². The molecule has 2 aromatic carbocycles. The molecule has 0 unspecified atom stereocenters. The average Bonchev–Trinajstić information content (AvgIpc) is 3.01. The molecule has 0 saturated heterocycles. The Kier molecular flexibility index (Phi) is 5.38. The van der Waals surface area contributed by atoms with Gasteiger partial charge in [-0.05, 0) is 48.6 Å². The zero-order valence-corrected chi connectivity index (χ0v) is 14.3. The number of rotatable bonds is 7. The Labute approximate surface area is 143 Å². The van der Waals surface area contributed by atoms with Crippen LogP contribution in [0, 0.1) is 0 Å². The molecule has 3 rings (SSSR count). The minimum Gasteiger partial charge on any atom is -0.493 e. The fraction of sp³-hybridized carbons (Fsp3) is 0.400. The van der Waals surface area contributed by atoms with E-state index >= 15 is 0 Å². The van der Waals surface area contributed by atoms with Gasteiger partial charge in [0.15, 0.2) is 11.5 Å². The van der Waals surface area contributed by atoms with Gasteiger partial charge in [-0.2, -0.15) is 0 Å². The van der Waals surface area contributed by atoms with Gasteiger partial charge in [-0.25, -0.2) is 0 Å². The van der Waals surface area contributed by atoms with Gasteiger partial charge in [0.25, 0.3) is 0 Å². The molecule has 0 aromatic heterocycles. The van der Waals surface area contributed by atoms with Crippen molar-refractivity contribution in [3.63, 3.8) is 0 Å². The average molecular weight is 327 g/mol. The zero-order valence-electron chi connectivity index (χ0n) is 14.3. The van der Waals surface area contributed by atoms with Gasteiger partial charge in [0.05, 0.1) is 13.7 Å². The third kappa shape index (κ3) is 3.71. The van der Waals surface area contributed by atoms with E-state index in [2.05, 4.69) is 42.6 Å². The van der Waals surface area contributed by atoms with E-state index in [1.54, 1.807) is 7.11 Å². The predicted octanol–water partition coefficient (Wildman–Crippen LogP) is 2.88. The summed E-state index contributed by atoms with van der Waals surface area (Å²) in [6.45, 7) is 2.43. The highest BCUT2D eigenvalue weighted by molar-refractivity contribution is 5.44. The number of hydrogen-bond donors (Lipinski definition) is 2. The van der Waals surface area contributed by atoms with Gasteiger partial charge in [0.2, 0.25) is 0 Å². The first-order valence-electron chi connectivity index (χ1n) is 8.45. The smallest absolute Gasteiger partial charge is 0.161 e. The maximum atomic E-state index is 8.89. The molecule has 24 heavy (non-hydrogen) atoms.